The van der Waals surface area contributed by atoms with E-state index in [0.717, 1.165) is 46.2 Å². The van der Waals surface area contributed by atoms with Crippen molar-refractivity contribution in [2.45, 2.75) is 31.6 Å². The van der Waals surface area contributed by atoms with E-state index >= 15 is 0 Å². The van der Waals surface area contributed by atoms with Crippen LogP contribution in [-0.2, 0) is 12.8 Å². The lowest BCUT2D eigenvalue weighted by Gasteiger charge is -2.10. The fourth-order valence-electron chi connectivity index (χ4n) is 2.96. The number of hydrogen-bond acceptors (Lipinski definition) is 1. The predicted molar refractivity (Wildman–Crippen MR) is 90.3 cm³/mol. The molecule has 0 spiro atoms. The summed E-state index contributed by atoms with van der Waals surface area (Å²) >= 11 is 0. The van der Waals surface area contributed by atoms with E-state index in [4.69, 9.17) is 0 Å². The predicted octanol–water partition coefficient (Wildman–Crippen LogP) is 5.32. The summed E-state index contributed by atoms with van der Waals surface area (Å²) in [6.07, 6.45) is 4.75. The van der Waals surface area contributed by atoms with Crippen molar-refractivity contribution in [1.29, 1.82) is 0 Å². The lowest BCUT2D eigenvalue weighted by Crippen LogP contribution is -2.14. The minimum atomic E-state index is -2.60. The molecule has 0 aliphatic heterocycles. The second kappa shape index (κ2) is 6.07. The summed E-state index contributed by atoms with van der Waals surface area (Å²) in [5.74, 6) is -2.60. The van der Waals surface area contributed by atoms with Gasteiger partial charge in [0, 0.05) is 25.2 Å². The monoisotopic (exact) mass is 311 g/mol. The first-order valence-electron chi connectivity index (χ1n) is 7.70. The van der Waals surface area contributed by atoms with Crippen LogP contribution in [0, 0.1) is 0 Å². The van der Waals surface area contributed by atoms with Crippen molar-refractivity contribution in [1.82, 2.24) is 4.98 Å². The van der Waals surface area contributed by atoms with E-state index in [9.17, 15) is 8.78 Å². The standard InChI is InChI=1S/C20H19F2N/c1-14(5-6-15(2)18-4-3-9-23-13-18)16-7-8-17-11-20(21,22)12-19(17)10-16/h3-4,7-10,13H,1-2,5-6,11-12H2. The first-order valence-corrected chi connectivity index (χ1v) is 7.70. The van der Waals surface area contributed by atoms with Crippen molar-refractivity contribution >= 4 is 11.1 Å². The number of rotatable bonds is 5. The zero-order chi connectivity index (χ0) is 16.4. The summed E-state index contributed by atoms with van der Waals surface area (Å²) in [6, 6.07) is 9.44. The smallest absolute Gasteiger partial charge is 0.256 e. The number of allylic oxidation sites excluding steroid dienone is 2. The van der Waals surface area contributed by atoms with Crippen LogP contribution in [-0.4, -0.2) is 10.9 Å². The average Bonchev–Trinajstić information content (AvgIpc) is 2.85. The zero-order valence-electron chi connectivity index (χ0n) is 13.0. The fourth-order valence-corrected chi connectivity index (χ4v) is 2.96. The summed E-state index contributed by atoms with van der Waals surface area (Å²) < 4.78 is 26.9. The fraction of sp³-hybridized carbons (Fsp3) is 0.250. The molecule has 0 saturated carbocycles. The minimum absolute atomic E-state index is 0.146. The molecular formula is C20H19F2N. The van der Waals surface area contributed by atoms with Crippen LogP contribution in [0.15, 0.2) is 55.9 Å². The Morgan fingerprint density at radius 1 is 1.00 bits per heavy atom. The highest BCUT2D eigenvalue weighted by Crippen LogP contribution is 2.36. The molecule has 1 nitrogen and oxygen atoms in total. The molecule has 3 heteroatoms. The van der Waals surface area contributed by atoms with E-state index in [2.05, 4.69) is 18.1 Å². The van der Waals surface area contributed by atoms with Crippen molar-refractivity contribution < 1.29 is 8.78 Å². The third-order valence-electron chi connectivity index (χ3n) is 4.31. The summed E-state index contributed by atoms with van der Waals surface area (Å²) in [5, 5.41) is 0. The molecule has 0 amide bonds. The molecule has 1 aromatic carbocycles. The lowest BCUT2D eigenvalue weighted by atomic mass is 9.95. The number of hydrogen-bond donors (Lipinski definition) is 0. The van der Waals surface area contributed by atoms with Crippen molar-refractivity contribution in [3.8, 4) is 0 Å². The molecule has 1 heterocycles. The third-order valence-corrected chi connectivity index (χ3v) is 4.31. The van der Waals surface area contributed by atoms with Crippen LogP contribution in [0.2, 0.25) is 0 Å². The summed E-state index contributed by atoms with van der Waals surface area (Å²) in [7, 11) is 0. The van der Waals surface area contributed by atoms with E-state index in [1.54, 1.807) is 12.4 Å². The third kappa shape index (κ3) is 3.55. The Morgan fingerprint density at radius 3 is 2.39 bits per heavy atom. The molecule has 3 rings (SSSR count). The Morgan fingerprint density at radius 2 is 1.70 bits per heavy atom. The van der Waals surface area contributed by atoms with Gasteiger partial charge >= 0.3 is 0 Å². The van der Waals surface area contributed by atoms with Crippen molar-refractivity contribution in [3.63, 3.8) is 0 Å². The average molecular weight is 311 g/mol. The number of alkyl halides is 2. The van der Waals surface area contributed by atoms with Crippen LogP contribution in [0.3, 0.4) is 0 Å². The molecule has 0 N–H and O–H groups in total. The first kappa shape index (κ1) is 15.6. The highest BCUT2D eigenvalue weighted by Gasteiger charge is 2.37. The van der Waals surface area contributed by atoms with E-state index in [0.29, 0.717) is 0 Å². The Labute approximate surface area is 135 Å². The van der Waals surface area contributed by atoms with Gasteiger partial charge in [-0.1, -0.05) is 37.4 Å². The van der Waals surface area contributed by atoms with Gasteiger partial charge in [-0.15, -0.1) is 0 Å². The molecule has 1 aliphatic carbocycles. The van der Waals surface area contributed by atoms with Crippen LogP contribution in [0.4, 0.5) is 8.78 Å². The maximum Gasteiger partial charge on any atom is 0.256 e. The van der Waals surface area contributed by atoms with E-state index in [1.807, 2.05) is 30.3 Å². The molecule has 0 saturated heterocycles. The molecule has 118 valence electrons. The molecular weight excluding hydrogens is 292 g/mol. The molecule has 2 aromatic rings. The number of pyridine rings is 1. The van der Waals surface area contributed by atoms with Gasteiger partial charge in [0.1, 0.15) is 0 Å². The van der Waals surface area contributed by atoms with Gasteiger partial charge in [-0.2, -0.15) is 0 Å². The molecule has 0 bridgehead atoms. The van der Waals surface area contributed by atoms with Gasteiger partial charge in [-0.3, -0.25) is 4.98 Å². The number of aromatic nitrogens is 1. The Hall–Kier alpha value is -2.29. The molecule has 0 atom stereocenters. The molecule has 0 fully saturated rings. The topological polar surface area (TPSA) is 12.9 Å². The highest BCUT2D eigenvalue weighted by molar-refractivity contribution is 5.69. The molecule has 1 aromatic heterocycles. The number of benzene rings is 1. The van der Waals surface area contributed by atoms with Gasteiger partial charge in [0.15, 0.2) is 0 Å². The van der Waals surface area contributed by atoms with Crippen LogP contribution in [0.1, 0.15) is 35.1 Å². The van der Waals surface area contributed by atoms with Crippen molar-refractivity contribution in [3.05, 3.63) is 78.1 Å². The lowest BCUT2D eigenvalue weighted by molar-refractivity contribution is 0.0130. The van der Waals surface area contributed by atoms with E-state index in [1.165, 1.54) is 0 Å². The normalized spacial score (nSPS) is 15.2. The maximum absolute atomic E-state index is 13.5. The Kier molecular flexibility index (Phi) is 4.12. The van der Waals surface area contributed by atoms with Gasteiger partial charge in [-0.25, -0.2) is 8.78 Å². The van der Waals surface area contributed by atoms with Gasteiger partial charge < -0.3 is 0 Å². The largest absolute Gasteiger partial charge is 0.264 e. The van der Waals surface area contributed by atoms with Gasteiger partial charge in [-0.05, 0) is 52.3 Å². The zero-order valence-corrected chi connectivity index (χ0v) is 13.0. The molecule has 0 unspecified atom stereocenters. The highest BCUT2D eigenvalue weighted by atomic mass is 19.3. The molecule has 0 radical (unpaired) electrons. The number of nitrogens with zero attached hydrogens (tertiary/aromatic N) is 1. The van der Waals surface area contributed by atoms with Crippen LogP contribution >= 0.6 is 0 Å². The van der Waals surface area contributed by atoms with E-state index in [-0.39, 0.29) is 12.8 Å². The van der Waals surface area contributed by atoms with Crippen molar-refractivity contribution in [2.75, 3.05) is 0 Å². The number of fused-ring (bicyclic) bond motifs is 1. The van der Waals surface area contributed by atoms with Crippen molar-refractivity contribution in [2.24, 2.45) is 0 Å². The molecule has 1 aliphatic rings. The van der Waals surface area contributed by atoms with Crippen LogP contribution < -0.4 is 0 Å². The number of halogens is 2. The van der Waals surface area contributed by atoms with Crippen LogP contribution in [0.25, 0.3) is 11.1 Å². The van der Waals surface area contributed by atoms with Gasteiger partial charge in [0.05, 0.1) is 0 Å². The maximum atomic E-state index is 13.5. The quantitative estimate of drug-likeness (QED) is 0.728. The Balaban J connectivity index is 1.65. The summed E-state index contributed by atoms with van der Waals surface area (Å²) in [5.41, 5.74) is 5.43. The Bertz CT molecular complexity index is 747. The first-order chi connectivity index (χ1) is 10.9. The second-order valence-electron chi connectivity index (χ2n) is 6.14. The SMILES string of the molecule is C=C(CCC(=C)c1ccc2c(c1)CC(F)(F)C2)c1cccnc1. The van der Waals surface area contributed by atoms with E-state index < -0.39 is 5.92 Å². The van der Waals surface area contributed by atoms with Gasteiger partial charge in [0.2, 0.25) is 0 Å². The molecule has 23 heavy (non-hydrogen) atoms. The van der Waals surface area contributed by atoms with Gasteiger partial charge in [0.25, 0.3) is 5.92 Å². The summed E-state index contributed by atoms with van der Waals surface area (Å²) in [6.45, 7) is 8.20. The minimum Gasteiger partial charge on any atom is -0.264 e. The summed E-state index contributed by atoms with van der Waals surface area (Å²) in [4.78, 5) is 4.09. The second-order valence-corrected chi connectivity index (χ2v) is 6.14. The van der Waals surface area contributed by atoms with Crippen LogP contribution in [0.5, 0.6) is 0 Å².